The van der Waals surface area contributed by atoms with E-state index in [4.69, 9.17) is 4.52 Å². The second kappa shape index (κ2) is 4.50. The Morgan fingerprint density at radius 3 is 3.22 bits per heavy atom. The number of nitrogens with zero attached hydrogens (tertiary/aromatic N) is 6. The molecule has 0 unspecified atom stereocenters. The fourth-order valence-electron chi connectivity index (χ4n) is 4.30. The van der Waals surface area contributed by atoms with Crippen molar-refractivity contribution in [1.82, 2.24) is 30.3 Å². The largest absolute Gasteiger partial charge is 0.354 e. The third kappa shape index (κ3) is 1.74. The first-order valence-corrected chi connectivity index (χ1v) is 7.96. The highest BCUT2D eigenvalue weighted by atomic mass is 16.5. The summed E-state index contributed by atoms with van der Waals surface area (Å²) in [5, 5.41) is 12.0. The summed E-state index contributed by atoms with van der Waals surface area (Å²) in [6.07, 6.45) is 6.88. The van der Waals surface area contributed by atoms with Crippen LogP contribution in [0, 0.1) is 12.8 Å². The van der Waals surface area contributed by atoms with Crippen molar-refractivity contribution in [3.63, 3.8) is 0 Å². The highest BCUT2D eigenvalue weighted by molar-refractivity contribution is 5.86. The molecule has 0 amide bonds. The first kappa shape index (κ1) is 13.0. The van der Waals surface area contributed by atoms with Crippen LogP contribution in [-0.2, 0) is 5.41 Å². The quantitative estimate of drug-likeness (QED) is 0.767. The molecule has 1 aliphatic heterocycles. The molecule has 1 saturated carbocycles. The Kier molecular flexibility index (Phi) is 2.54. The average molecular weight is 311 g/mol. The van der Waals surface area contributed by atoms with E-state index in [2.05, 4.69) is 35.2 Å². The molecule has 23 heavy (non-hydrogen) atoms. The summed E-state index contributed by atoms with van der Waals surface area (Å²) in [6, 6.07) is 0. The maximum absolute atomic E-state index is 5.57. The molecule has 0 radical (unpaired) electrons. The Balaban J connectivity index is 1.57. The first-order chi connectivity index (χ1) is 11.3. The molecule has 2 fully saturated rings. The van der Waals surface area contributed by atoms with Gasteiger partial charge in [0.15, 0.2) is 11.5 Å². The van der Waals surface area contributed by atoms with Gasteiger partial charge in [-0.05, 0) is 25.7 Å². The standard InChI is InChI=1S/C15H17N7O/c1-9-19-14(23-21-9)15-4-2-3-10(15)6-22(7-15)13-11-5-18-20-12(11)16-8-17-13/h5,8,10H,2-4,6-7H2,1H3,(H,16,17,18,20)/t10-,15-/m0/s1. The van der Waals surface area contributed by atoms with Crippen LogP contribution in [0.3, 0.4) is 0 Å². The molecule has 1 N–H and O–H groups in total. The van der Waals surface area contributed by atoms with Crippen molar-refractivity contribution in [2.75, 3.05) is 18.0 Å². The molecule has 8 heteroatoms. The van der Waals surface area contributed by atoms with Crippen LogP contribution in [0.4, 0.5) is 5.82 Å². The van der Waals surface area contributed by atoms with Gasteiger partial charge in [0, 0.05) is 13.1 Å². The molecule has 3 aromatic rings. The second-order valence-electron chi connectivity index (χ2n) is 6.60. The van der Waals surface area contributed by atoms with Crippen LogP contribution in [0.2, 0.25) is 0 Å². The number of aromatic amines is 1. The molecule has 2 aliphatic rings. The number of fused-ring (bicyclic) bond motifs is 2. The third-order valence-corrected chi connectivity index (χ3v) is 5.35. The topological polar surface area (TPSA) is 96.6 Å². The molecule has 8 nitrogen and oxygen atoms in total. The minimum atomic E-state index is -0.0394. The molecule has 1 aliphatic carbocycles. The first-order valence-electron chi connectivity index (χ1n) is 7.96. The zero-order chi connectivity index (χ0) is 15.4. The van der Waals surface area contributed by atoms with Crippen molar-refractivity contribution in [2.45, 2.75) is 31.6 Å². The van der Waals surface area contributed by atoms with Crippen LogP contribution in [0.25, 0.3) is 11.0 Å². The van der Waals surface area contributed by atoms with Gasteiger partial charge in [-0.15, -0.1) is 0 Å². The number of rotatable bonds is 2. The highest BCUT2D eigenvalue weighted by Crippen LogP contribution is 2.50. The lowest BCUT2D eigenvalue weighted by Gasteiger charge is -2.24. The summed E-state index contributed by atoms with van der Waals surface area (Å²) in [6.45, 7) is 3.69. The fourth-order valence-corrected chi connectivity index (χ4v) is 4.30. The zero-order valence-corrected chi connectivity index (χ0v) is 12.9. The van der Waals surface area contributed by atoms with Crippen molar-refractivity contribution >= 4 is 16.9 Å². The van der Waals surface area contributed by atoms with E-state index >= 15 is 0 Å². The molecule has 1 saturated heterocycles. The van der Waals surface area contributed by atoms with Gasteiger partial charge in [0.2, 0.25) is 5.89 Å². The summed E-state index contributed by atoms with van der Waals surface area (Å²) in [5.41, 5.74) is 0.733. The van der Waals surface area contributed by atoms with Crippen LogP contribution in [0.15, 0.2) is 17.0 Å². The zero-order valence-electron chi connectivity index (χ0n) is 12.9. The van der Waals surface area contributed by atoms with E-state index in [1.807, 2.05) is 6.92 Å². The molecule has 2 atom stereocenters. The molecule has 0 aromatic carbocycles. The van der Waals surface area contributed by atoms with E-state index in [0.29, 0.717) is 11.7 Å². The lowest BCUT2D eigenvalue weighted by atomic mass is 9.80. The lowest BCUT2D eigenvalue weighted by Crippen LogP contribution is -2.32. The van der Waals surface area contributed by atoms with E-state index in [-0.39, 0.29) is 5.41 Å². The van der Waals surface area contributed by atoms with Crippen molar-refractivity contribution in [3.05, 3.63) is 24.2 Å². The van der Waals surface area contributed by atoms with E-state index in [0.717, 1.165) is 42.3 Å². The maximum Gasteiger partial charge on any atom is 0.234 e. The third-order valence-electron chi connectivity index (χ3n) is 5.35. The Bertz CT molecular complexity index is 871. The van der Waals surface area contributed by atoms with Gasteiger partial charge >= 0.3 is 0 Å². The van der Waals surface area contributed by atoms with Gasteiger partial charge in [-0.1, -0.05) is 11.6 Å². The van der Waals surface area contributed by atoms with Crippen LogP contribution in [-0.4, -0.2) is 43.4 Å². The Labute approximate surface area is 132 Å². The van der Waals surface area contributed by atoms with Gasteiger partial charge in [0.25, 0.3) is 0 Å². The van der Waals surface area contributed by atoms with Gasteiger partial charge in [-0.3, -0.25) is 5.10 Å². The van der Waals surface area contributed by atoms with Crippen LogP contribution >= 0.6 is 0 Å². The summed E-state index contributed by atoms with van der Waals surface area (Å²) in [5.74, 6) is 2.96. The second-order valence-corrected chi connectivity index (χ2v) is 6.60. The smallest absolute Gasteiger partial charge is 0.234 e. The predicted molar refractivity (Wildman–Crippen MR) is 82.0 cm³/mol. The van der Waals surface area contributed by atoms with Gasteiger partial charge in [0.05, 0.1) is 17.0 Å². The number of hydrogen-bond donors (Lipinski definition) is 1. The SMILES string of the molecule is Cc1noc([C@]23CCC[C@H]2CN(c2ncnc4[nH]ncc24)C3)n1. The number of anilines is 1. The summed E-state index contributed by atoms with van der Waals surface area (Å²) in [7, 11) is 0. The molecule has 4 heterocycles. The molecule has 5 rings (SSSR count). The van der Waals surface area contributed by atoms with Crippen molar-refractivity contribution in [2.24, 2.45) is 5.92 Å². The Morgan fingerprint density at radius 1 is 1.39 bits per heavy atom. The van der Waals surface area contributed by atoms with Gasteiger partial charge in [-0.25, -0.2) is 9.97 Å². The minimum Gasteiger partial charge on any atom is -0.354 e. The van der Waals surface area contributed by atoms with Crippen LogP contribution < -0.4 is 4.90 Å². The fraction of sp³-hybridized carbons (Fsp3) is 0.533. The summed E-state index contributed by atoms with van der Waals surface area (Å²) >= 11 is 0. The molecule has 0 bridgehead atoms. The highest BCUT2D eigenvalue weighted by Gasteiger charge is 2.54. The van der Waals surface area contributed by atoms with Crippen molar-refractivity contribution in [3.8, 4) is 0 Å². The number of aromatic nitrogens is 6. The summed E-state index contributed by atoms with van der Waals surface area (Å²) < 4.78 is 5.57. The number of nitrogens with one attached hydrogen (secondary N) is 1. The van der Waals surface area contributed by atoms with Crippen molar-refractivity contribution < 1.29 is 4.52 Å². The van der Waals surface area contributed by atoms with E-state index < -0.39 is 0 Å². The molecule has 3 aromatic heterocycles. The van der Waals surface area contributed by atoms with E-state index in [9.17, 15) is 0 Å². The van der Waals surface area contributed by atoms with Crippen LogP contribution in [0.1, 0.15) is 31.0 Å². The van der Waals surface area contributed by atoms with Gasteiger partial charge < -0.3 is 9.42 Å². The predicted octanol–water partition coefficient (Wildman–Crippen LogP) is 1.60. The number of H-pyrrole nitrogens is 1. The average Bonchev–Trinajstić information content (AvgIpc) is 3.28. The minimum absolute atomic E-state index is 0.0394. The molecule has 118 valence electrons. The van der Waals surface area contributed by atoms with Crippen molar-refractivity contribution in [1.29, 1.82) is 0 Å². The molecule has 0 spiro atoms. The maximum atomic E-state index is 5.57. The Morgan fingerprint density at radius 2 is 2.35 bits per heavy atom. The van der Waals surface area contributed by atoms with E-state index in [1.165, 1.54) is 12.8 Å². The number of aryl methyl sites for hydroxylation is 1. The van der Waals surface area contributed by atoms with Crippen LogP contribution in [0.5, 0.6) is 0 Å². The molecular formula is C15H17N7O. The number of hydrogen-bond acceptors (Lipinski definition) is 7. The monoisotopic (exact) mass is 311 g/mol. The van der Waals surface area contributed by atoms with Gasteiger partial charge in [-0.2, -0.15) is 10.1 Å². The van der Waals surface area contributed by atoms with Gasteiger partial charge in [0.1, 0.15) is 12.1 Å². The Hall–Kier alpha value is -2.51. The van der Waals surface area contributed by atoms with E-state index in [1.54, 1.807) is 12.5 Å². The normalized spacial score (nSPS) is 27.0. The molecular weight excluding hydrogens is 294 g/mol. The lowest BCUT2D eigenvalue weighted by molar-refractivity contribution is 0.265. The summed E-state index contributed by atoms with van der Waals surface area (Å²) in [4.78, 5) is 15.6.